The maximum absolute atomic E-state index is 13.6. The molecule has 3 rings (SSSR count). The van der Waals surface area contributed by atoms with Crippen molar-refractivity contribution in [1.29, 1.82) is 0 Å². The van der Waals surface area contributed by atoms with Gasteiger partial charge < -0.3 is 15.3 Å². The van der Waals surface area contributed by atoms with E-state index in [1.165, 1.54) is 24.4 Å². The van der Waals surface area contributed by atoms with E-state index in [-0.39, 0.29) is 41.4 Å². The third-order valence-electron chi connectivity index (χ3n) is 5.08. The SMILES string of the molecule is Cc1ccc(CNC(=O)C2CCN(C(=O)c3ccnc(C(=O)O)c3)CC2)cc1F. The van der Waals surface area contributed by atoms with E-state index in [9.17, 15) is 18.8 Å². The molecule has 0 radical (unpaired) electrons. The van der Waals surface area contributed by atoms with Crippen LogP contribution in [0.4, 0.5) is 4.39 Å². The van der Waals surface area contributed by atoms with Crippen LogP contribution in [0.1, 0.15) is 44.8 Å². The van der Waals surface area contributed by atoms with E-state index in [2.05, 4.69) is 10.3 Å². The van der Waals surface area contributed by atoms with E-state index >= 15 is 0 Å². The molecular weight excluding hydrogens is 377 g/mol. The maximum Gasteiger partial charge on any atom is 0.354 e. The lowest BCUT2D eigenvalue weighted by Gasteiger charge is -2.31. The summed E-state index contributed by atoms with van der Waals surface area (Å²) in [6.07, 6.45) is 2.32. The molecule has 152 valence electrons. The first kappa shape index (κ1) is 20.4. The molecule has 1 fully saturated rings. The monoisotopic (exact) mass is 399 g/mol. The molecule has 2 aromatic rings. The predicted octanol–water partition coefficient (Wildman–Crippen LogP) is 2.40. The zero-order valence-electron chi connectivity index (χ0n) is 16.0. The van der Waals surface area contributed by atoms with Gasteiger partial charge in [-0.2, -0.15) is 0 Å². The maximum atomic E-state index is 13.6. The van der Waals surface area contributed by atoms with E-state index in [0.29, 0.717) is 37.1 Å². The van der Waals surface area contributed by atoms with Gasteiger partial charge in [0.1, 0.15) is 11.5 Å². The van der Waals surface area contributed by atoms with Crippen LogP contribution in [0.3, 0.4) is 0 Å². The number of aryl methyl sites for hydroxylation is 1. The minimum Gasteiger partial charge on any atom is -0.477 e. The van der Waals surface area contributed by atoms with Crippen molar-refractivity contribution < 1.29 is 23.9 Å². The van der Waals surface area contributed by atoms with Crippen molar-refractivity contribution in [2.45, 2.75) is 26.3 Å². The molecule has 2 amide bonds. The van der Waals surface area contributed by atoms with Gasteiger partial charge in [-0.3, -0.25) is 9.59 Å². The van der Waals surface area contributed by atoms with Crippen LogP contribution < -0.4 is 5.32 Å². The molecule has 0 atom stereocenters. The highest BCUT2D eigenvalue weighted by atomic mass is 19.1. The number of aromatic nitrogens is 1. The van der Waals surface area contributed by atoms with Crippen molar-refractivity contribution in [1.82, 2.24) is 15.2 Å². The third kappa shape index (κ3) is 4.96. The lowest BCUT2D eigenvalue weighted by atomic mass is 9.95. The van der Waals surface area contributed by atoms with Crippen molar-refractivity contribution in [2.75, 3.05) is 13.1 Å². The molecule has 7 nitrogen and oxygen atoms in total. The van der Waals surface area contributed by atoms with Gasteiger partial charge in [-0.15, -0.1) is 0 Å². The first-order valence-electron chi connectivity index (χ1n) is 9.36. The second kappa shape index (κ2) is 8.81. The summed E-state index contributed by atoms with van der Waals surface area (Å²) >= 11 is 0. The van der Waals surface area contributed by atoms with Crippen molar-refractivity contribution in [3.05, 3.63) is 64.7 Å². The summed E-state index contributed by atoms with van der Waals surface area (Å²) in [6.45, 7) is 2.74. The number of amides is 2. The Kier molecular flexibility index (Phi) is 6.21. The number of aromatic carboxylic acids is 1. The average Bonchev–Trinajstić information content (AvgIpc) is 2.74. The van der Waals surface area contributed by atoms with Crippen LogP contribution in [0.5, 0.6) is 0 Å². The fraction of sp³-hybridized carbons (Fsp3) is 0.333. The van der Waals surface area contributed by atoms with Crippen molar-refractivity contribution in [2.24, 2.45) is 5.92 Å². The average molecular weight is 399 g/mol. The van der Waals surface area contributed by atoms with Gasteiger partial charge in [0.25, 0.3) is 5.91 Å². The van der Waals surface area contributed by atoms with Gasteiger partial charge in [-0.25, -0.2) is 14.2 Å². The molecule has 1 aromatic carbocycles. The van der Waals surface area contributed by atoms with Crippen LogP contribution in [0.2, 0.25) is 0 Å². The molecular formula is C21H22FN3O4. The highest BCUT2D eigenvalue weighted by Gasteiger charge is 2.28. The Hall–Kier alpha value is -3.29. The summed E-state index contributed by atoms with van der Waals surface area (Å²) in [5.41, 5.74) is 1.34. The van der Waals surface area contributed by atoms with Crippen LogP contribution in [-0.2, 0) is 11.3 Å². The van der Waals surface area contributed by atoms with Gasteiger partial charge >= 0.3 is 5.97 Å². The zero-order chi connectivity index (χ0) is 21.0. The molecule has 29 heavy (non-hydrogen) atoms. The number of rotatable bonds is 5. The molecule has 1 aromatic heterocycles. The van der Waals surface area contributed by atoms with Crippen LogP contribution in [0, 0.1) is 18.7 Å². The number of pyridine rings is 1. The number of hydrogen-bond acceptors (Lipinski definition) is 4. The Labute approximate surface area is 167 Å². The molecule has 2 N–H and O–H groups in total. The zero-order valence-corrected chi connectivity index (χ0v) is 16.0. The van der Waals surface area contributed by atoms with E-state index in [0.717, 1.165) is 0 Å². The summed E-state index contributed by atoms with van der Waals surface area (Å²) < 4.78 is 13.6. The minimum atomic E-state index is -1.19. The molecule has 1 aliphatic heterocycles. The summed E-state index contributed by atoms with van der Waals surface area (Å²) in [4.78, 5) is 41.3. The summed E-state index contributed by atoms with van der Waals surface area (Å²) in [6, 6.07) is 7.60. The highest BCUT2D eigenvalue weighted by Crippen LogP contribution is 2.20. The number of carbonyl (C=O) groups is 3. The first-order chi connectivity index (χ1) is 13.8. The minimum absolute atomic E-state index is 0.116. The topological polar surface area (TPSA) is 99.6 Å². The van der Waals surface area contributed by atoms with Crippen LogP contribution in [0.25, 0.3) is 0 Å². The largest absolute Gasteiger partial charge is 0.477 e. The first-order valence-corrected chi connectivity index (χ1v) is 9.36. The fourth-order valence-electron chi connectivity index (χ4n) is 3.29. The summed E-state index contributed by atoms with van der Waals surface area (Å²) in [5.74, 6) is -2.10. The summed E-state index contributed by atoms with van der Waals surface area (Å²) in [7, 11) is 0. The van der Waals surface area contributed by atoms with E-state index in [1.54, 1.807) is 24.0 Å². The normalized spacial score (nSPS) is 14.5. The van der Waals surface area contributed by atoms with Crippen molar-refractivity contribution >= 4 is 17.8 Å². The number of carboxylic acids is 1. The van der Waals surface area contributed by atoms with Crippen molar-refractivity contribution in [3.63, 3.8) is 0 Å². The third-order valence-corrected chi connectivity index (χ3v) is 5.08. The number of piperidine rings is 1. The van der Waals surface area contributed by atoms with Crippen LogP contribution >= 0.6 is 0 Å². The van der Waals surface area contributed by atoms with Gasteiger partial charge in [0.05, 0.1) is 0 Å². The van der Waals surface area contributed by atoms with Gasteiger partial charge in [0.2, 0.25) is 5.91 Å². The molecule has 2 heterocycles. The smallest absolute Gasteiger partial charge is 0.354 e. The number of likely N-dealkylation sites (tertiary alicyclic amines) is 1. The second-order valence-corrected chi connectivity index (χ2v) is 7.10. The molecule has 0 unspecified atom stereocenters. The number of halogens is 1. The lowest BCUT2D eigenvalue weighted by Crippen LogP contribution is -2.43. The Balaban J connectivity index is 1.52. The number of nitrogens with zero attached hydrogens (tertiary/aromatic N) is 2. The molecule has 1 saturated heterocycles. The molecule has 0 saturated carbocycles. The standard InChI is InChI=1S/C21H22FN3O4/c1-13-2-3-14(10-17(13)22)12-24-19(26)15-5-8-25(9-6-15)20(27)16-4-7-23-18(11-16)21(28)29/h2-4,7,10-11,15H,5-6,8-9,12H2,1H3,(H,24,26)(H,28,29). The molecule has 0 spiro atoms. The predicted molar refractivity (Wildman–Crippen MR) is 103 cm³/mol. The van der Waals surface area contributed by atoms with E-state index < -0.39 is 5.97 Å². The Bertz CT molecular complexity index is 939. The Morgan fingerprint density at radius 1 is 1.21 bits per heavy atom. The van der Waals surface area contributed by atoms with Crippen LogP contribution in [0.15, 0.2) is 36.5 Å². The van der Waals surface area contributed by atoms with Crippen LogP contribution in [-0.4, -0.2) is 45.9 Å². The number of benzene rings is 1. The second-order valence-electron chi connectivity index (χ2n) is 7.10. The van der Waals surface area contributed by atoms with E-state index in [4.69, 9.17) is 5.11 Å². The van der Waals surface area contributed by atoms with E-state index in [1.807, 2.05) is 0 Å². The number of nitrogens with one attached hydrogen (secondary N) is 1. The molecule has 1 aliphatic rings. The van der Waals surface area contributed by atoms with Gasteiger partial charge in [-0.05, 0) is 49.1 Å². The van der Waals surface area contributed by atoms with Crippen molar-refractivity contribution in [3.8, 4) is 0 Å². The molecule has 8 heteroatoms. The number of hydrogen-bond donors (Lipinski definition) is 2. The number of carboxylic acid groups (broad SMARTS) is 1. The summed E-state index contributed by atoms with van der Waals surface area (Å²) in [5, 5.41) is 11.8. The van der Waals surface area contributed by atoms with Gasteiger partial charge in [0, 0.05) is 37.3 Å². The number of carbonyl (C=O) groups excluding carboxylic acids is 2. The molecule has 0 aliphatic carbocycles. The Morgan fingerprint density at radius 3 is 2.59 bits per heavy atom. The fourth-order valence-corrected chi connectivity index (χ4v) is 3.29. The van der Waals surface area contributed by atoms with Gasteiger partial charge in [0.15, 0.2) is 0 Å². The highest BCUT2D eigenvalue weighted by molar-refractivity contribution is 5.96. The van der Waals surface area contributed by atoms with Gasteiger partial charge in [-0.1, -0.05) is 12.1 Å². The Morgan fingerprint density at radius 2 is 1.93 bits per heavy atom. The molecule has 0 bridgehead atoms. The quantitative estimate of drug-likeness (QED) is 0.804. The lowest BCUT2D eigenvalue weighted by molar-refractivity contribution is -0.126.